The average molecular weight is 318 g/mol. The first kappa shape index (κ1) is 14.1. The maximum Gasteiger partial charge on any atom is 0.278 e. The van der Waals surface area contributed by atoms with E-state index in [0.29, 0.717) is 16.8 Å². The van der Waals surface area contributed by atoms with Crippen molar-refractivity contribution in [3.63, 3.8) is 0 Å². The van der Waals surface area contributed by atoms with Crippen molar-refractivity contribution in [2.24, 2.45) is 0 Å². The van der Waals surface area contributed by atoms with Crippen molar-refractivity contribution in [2.75, 3.05) is 0 Å². The van der Waals surface area contributed by atoms with Gasteiger partial charge in [-0.2, -0.15) is 0 Å². The van der Waals surface area contributed by atoms with Gasteiger partial charge in [-0.3, -0.25) is 4.79 Å². The first-order valence-electron chi connectivity index (χ1n) is 6.39. The molecule has 2 aromatic carbocycles. The fourth-order valence-electron chi connectivity index (χ4n) is 1.94. The van der Waals surface area contributed by atoms with Crippen LogP contribution in [0.15, 0.2) is 53.3 Å². The van der Waals surface area contributed by atoms with Crippen LogP contribution in [0.4, 0.5) is 0 Å². The highest BCUT2D eigenvalue weighted by molar-refractivity contribution is 7.97. The smallest absolute Gasteiger partial charge is 0.267 e. The van der Waals surface area contributed by atoms with Crippen LogP contribution in [0.3, 0.4) is 0 Å². The number of halogens is 1. The van der Waals surface area contributed by atoms with Gasteiger partial charge in [-0.25, -0.2) is 4.68 Å². The van der Waals surface area contributed by atoms with Crippen LogP contribution in [0.1, 0.15) is 5.56 Å². The van der Waals surface area contributed by atoms with Gasteiger partial charge in [0, 0.05) is 10.8 Å². The summed E-state index contributed by atoms with van der Waals surface area (Å²) in [6.07, 6.45) is 0. The number of hydrogen-bond donors (Lipinski definition) is 0. The molecule has 0 atom stereocenters. The summed E-state index contributed by atoms with van der Waals surface area (Å²) in [7, 11) is 0. The van der Waals surface area contributed by atoms with Gasteiger partial charge >= 0.3 is 0 Å². The Morgan fingerprint density at radius 2 is 1.86 bits per heavy atom. The van der Waals surface area contributed by atoms with Crippen molar-refractivity contribution < 1.29 is 0 Å². The van der Waals surface area contributed by atoms with E-state index in [-0.39, 0.29) is 5.56 Å². The molecule has 1 heterocycles. The van der Waals surface area contributed by atoms with Gasteiger partial charge in [0.05, 0.1) is 11.3 Å². The van der Waals surface area contributed by atoms with E-state index in [1.807, 2.05) is 36.4 Å². The number of rotatable bonds is 4. The molecule has 0 radical (unpaired) electrons. The molecule has 1 aromatic heterocycles. The first-order chi connectivity index (χ1) is 10.2. The third-order valence-corrected chi connectivity index (χ3v) is 4.24. The summed E-state index contributed by atoms with van der Waals surface area (Å²) in [5, 5.41) is 9.34. The maximum absolute atomic E-state index is 12.2. The lowest BCUT2D eigenvalue weighted by molar-refractivity contribution is 0.645. The molecule has 0 aliphatic carbocycles. The van der Waals surface area contributed by atoms with Crippen LogP contribution < -0.4 is 5.56 Å². The monoisotopic (exact) mass is 317 g/mol. The summed E-state index contributed by atoms with van der Waals surface area (Å²) < 4.78 is 1.39. The third kappa shape index (κ3) is 3.25. The molecule has 21 heavy (non-hydrogen) atoms. The van der Waals surface area contributed by atoms with Crippen LogP contribution in [0, 0.1) is 0 Å². The molecule has 0 saturated carbocycles. The van der Waals surface area contributed by atoms with Crippen molar-refractivity contribution in [2.45, 2.75) is 11.6 Å². The predicted octanol–water partition coefficient (Wildman–Crippen LogP) is 3.34. The van der Waals surface area contributed by atoms with E-state index in [0.717, 1.165) is 16.3 Å². The van der Waals surface area contributed by atoms with Crippen LogP contribution in [0.25, 0.3) is 10.9 Å². The van der Waals surface area contributed by atoms with Crippen LogP contribution in [-0.4, -0.2) is 15.0 Å². The van der Waals surface area contributed by atoms with Crippen LogP contribution in [0.2, 0.25) is 5.02 Å². The van der Waals surface area contributed by atoms with Crippen LogP contribution in [-0.2, 0) is 11.6 Å². The number of fused-ring (bicyclic) bond motifs is 1. The molecule has 0 saturated heterocycles. The Morgan fingerprint density at radius 3 is 2.67 bits per heavy atom. The molecule has 3 aromatic rings. The second-order valence-corrected chi connectivity index (χ2v) is 5.91. The van der Waals surface area contributed by atoms with E-state index in [1.54, 1.807) is 23.9 Å². The SMILES string of the molecule is O=c1c2ccccc2nnn1CSCc1ccc(Cl)cc1. The number of nitrogens with zero attached hydrogens (tertiary/aromatic N) is 3. The summed E-state index contributed by atoms with van der Waals surface area (Å²) in [5.74, 6) is 1.26. The van der Waals surface area contributed by atoms with Gasteiger partial charge in [0.25, 0.3) is 5.56 Å². The summed E-state index contributed by atoms with van der Waals surface area (Å²) in [5.41, 5.74) is 1.68. The van der Waals surface area contributed by atoms with E-state index in [2.05, 4.69) is 10.3 Å². The highest BCUT2D eigenvalue weighted by Crippen LogP contribution is 2.16. The highest BCUT2D eigenvalue weighted by Gasteiger charge is 2.04. The minimum Gasteiger partial charge on any atom is -0.267 e. The van der Waals surface area contributed by atoms with Crippen molar-refractivity contribution >= 4 is 34.3 Å². The molecule has 0 bridgehead atoms. The van der Waals surface area contributed by atoms with Crippen molar-refractivity contribution in [3.05, 3.63) is 69.5 Å². The fourth-order valence-corrected chi connectivity index (χ4v) is 2.93. The first-order valence-corrected chi connectivity index (χ1v) is 7.92. The molecule has 0 unspecified atom stereocenters. The van der Waals surface area contributed by atoms with Crippen molar-refractivity contribution in [3.8, 4) is 0 Å². The zero-order valence-corrected chi connectivity index (χ0v) is 12.6. The van der Waals surface area contributed by atoms with Gasteiger partial charge in [0.1, 0.15) is 5.52 Å². The minimum atomic E-state index is -0.107. The van der Waals surface area contributed by atoms with Gasteiger partial charge in [-0.1, -0.05) is 41.1 Å². The quantitative estimate of drug-likeness (QED) is 0.740. The van der Waals surface area contributed by atoms with Crippen LogP contribution >= 0.6 is 23.4 Å². The Hall–Kier alpha value is -1.85. The van der Waals surface area contributed by atoms with Crippen molar-refractivity contribution in [1.82, 2.24) is 15.0 Å². The number of thioether (sulfide) groups is 1. The lowest BCUT2D eigenvalue weighted by Gasteiger charge is -2.05. The Morgan fingerprint density at radius 1 is 1.10 bits per heavy atom. The summed E-state index contributed by atoms with van der Waals surface area (Å²) >= 11 is 7.45. The van der Waals surface area contributed by atoms with Gasteiger partial charge in [0.2, 0.25) is 0 Å². The van der Waals surface area contributed by atoms with E-state index >= 15 is 0 Å². The molecule has 3 rings (SSSR count). The Bertz CT molecular complexity index is 817. The molecular weight excluding hydrogens is 306 g/mol. The molecule has 6 heteroatoms. The molecule has 0 N–H and O–H groups in total. The molecule has 0 aliphatic heterocycles. The predicted molar refractivity (Wildman–Crippen MR) is 86.5 cm³/mol. The number of aromatic nitrogens is 3. The van der Waals surface area contributed by atoms with E-state index < -0.39 is 0 Å². The van der Waals surface area contributed by atoms with Crippen LogP contribution in [0.5, 0.6) is 0 Å². The zero-order chi connectivity index (χ0) is 14.7. The normalized spacial score (nSPS) is 10.9. The second kappa shape index (κ2) is 6.28. The van der Waals surface area contributed by atoms with Gasteiger partial charge in [-0.05, 0) is 29.8 Å². The van der Waals surface area contributed by atoms with Gasteiger partial charge in [0.15, 0.2) is 0 Å². The summed E-state index contributed by atoms with van der Waals surface area (Å²) in [4.78, 5) is 12.2. The Kier molecular flexibility index (Phi) is 4.22. The van der Waals surface area contributed by atoms with E-state index in [4.69, 9.17) is 11.6 Å². The summed E-state index contributed by atoms with van der Waals surface area (Å²) in [6.45, 7) is 0. The molecule has 0 amide bonds. The van der Waals surface area contributed by atoms with Gasteiger partial charge < -0.3 is 0 Å². The van der Waals surface area contributed by atoms with Gasteiger partial charge in [-0.15, -0.1) is 16.9 Å². The minimum absolute atomic E-state index is 0.107. The fraction of sp³-hybridized carbons (Fsp3) is 0.133. The molecule has 0 aliphatic rings. The maximum atomic E-state index is 12.2. The molecule has 0 fully saturated rings. The largest absolute Gasteiger partial charge is 0.278 e. The summed E-state index contributed by atoms with van der Waals surface area (Å²) in [6, 6.07) is 14.9. The lowest BCUT2D eigenvalue weighted by Crippen LogP contribution is -2.23. The number of benzene rings is 2. The Balaban J connectivity index is 1.72. The Labute approximate surface area is 130 Å². The standard InChI is InChI=1S/C15H12ClN3OS/c16-12-7-5-11(6-8-12)9-21-10-19-15(20)13-3-1-2-4-14(13)17-18-19/h1-8H,9-10H2. The molecule has 106 valence electrons. The highest BCUT2D eigenvalue weighted by atomic mass is 35.5. The average Bonchev–Trinajstić information content (AvgIpc) is 2.52. The molecular formula is C15H12ClN3OS. The molecule has 0 spiro atoms. The third-order valence-electron chi connectivity index (χ3n) is 3.02. The molecule has 4 nitrogen and oxygen atoms in total. The number of hydrogen-bond acceptors (Lipinski definition) is 4. The van der Waals surface area contributed by atoms with E-state index in [1.165, 1.54) is 4.68 Å². The lowest BCUT2D eigenvalue weighted by atomic mass is 10.2. The second-order valence-electron chi connectivity index (χ2n) is 4.52. The van der Waals surface area contributed by atoms with Crippen molar-refractivity contribution in [1.29, 1.82) is 0 Å². The zero-order valence-electron chi connectivity index (χ0n) is 11.1. The topological polar surface area (TPSA) is 47.8 Å². The van der Waals surface area contributed by atoms with E-state index in [9.17, 15) is 4.79 Å².